The van der Waals surface area contributed by atoms with Crippen LogP contribution in [-0.4, -0.2) is 44.7 Å². The lowest BCUT2D eigenvalue weighted by molar-refractivity contribution is -0.141. The van der Waals surface area contributed by atoms with Gasteiger partial charge in [0.05, 0.1) is 7.11 Å². The maximum atomic E-state index is 11.0. The third-order valence-electron chi connectivity index (χ3n) is 1.74. The second-order valence-electron chi connectivity index (χ2n) is 3.13. The fraction of sp³-hybridized carbons (Fsp3) is 0.778. The molecule has 0 amide bonds. The lowest BCUT2D eigenvalue weighted by Gasteiger charge is -2.07. The SMILES string of the molecule is C#[N+][C@H](CCCN(C)C)C(=O)OC. The van der Waals surface area contributed by atoms with Gasteiger partial charge in [-0.3, -0.25) is 0 Å². The zero-order chi connectivity index (χ0) is 10.3. The van der Waals surface area contributed by atoms with Gasteiger partial charge in [-0.05, 0) is 27.1 Å². The number of nitrogens with zero attached hydrogens (tertiary/aromatic N) is 2. The van der Waals surface area contributed by atoms with Gasteiger partial charge >= 0.3 is 12.0 Å². The highest BCUT2D eigenvalue weighted by Crippen LogP contribution is 2.04. The molecule has 0 radical (unpaired) electrons. The molecule has 4 nitrogen and oxygen atoms in total. The molecular formula is C9H17N2O2+. The second kappa shape index (κ2) is 6.44. The molecule has 0 aromatic carbocycles. The van der Waals surface area contributed by atoms with Gasteiger partial charge in [-0.2, -0.15) is 0 Å². The smallest absolute Gasteiger partial charge is 0.394 e. The second-order valence-corrected chi connectivity index (χ2v) is 3.13. The van der Waals surface area contributed by atoms with Crippen molar-refractivity contribution in [3.63, 3.8) is 0 Å². The van der Waals surface area contributed by atoms with E-state index < -0.39 is 6.04 Å². The summed E-state index contributed by atoms with van der Waals surface area (Å²) in [6, 6.07) is -0.509. The molecule has 0 saturated heterocycles. The molecule has 0 rings (SSSR count). The fourth-order valence-corrected chi connectivity index (χ4v) is 0.990. The van der Waals surface area contributed by atoms with Crippen molar-refractivity contribution in [3.05, 3.63) is 4.85 Å². The van der Waals surface area contributed by atoms with Crippen LogP contribution in [0.3, 0.4) is 0 Å². The number of methoxy groups -OCH3 is 1. The minimum absolute atomic E-state index is 0.360. The van der Waals surface area contributed by atoms with Crippen LogP contribution in [0.1, 0.15) is 12.8 Å². The maximum absolute atomic E-state index is 11.0. The van der Waals surface area contributed by atoms with Crippen LogP contribution in [0.4, 0.5) is 0 Å². The summed E-state index contributed by atoms with van der Waals surface area (Å²) in [4.78, 5) is 16.5. The summed E-state index contributed by atoms with van der Waals surface area (Å²) in [5, 5.41) is 0. The van der Waals surface area contributed by atoms with Crippen LogP contribution in [0.5, 0.6) is 0 Å². The molecule has 0 saturated carbocycles. The largest absolute Gasteiger partial charge is 0.463 e. The highest BCUT2D eigenvalue weighted by molar-refractivity contribution is 5.77. The Bertz CT molecular complexity index is 196. The van der Waals surface area contributed by atoms with E-state index in [0.29, 0.717) is 6.42 Å². The van der Waals surface area contributed by atoms with E-state index in [4.69, 9.17) is 6.57 Å². The van der Waals surface area contributed by atoms with Gasteiger partial charge in [-0.15, -0.1) is 0 Å². The Labute approximate surface area is 79.3 Å². The Balaban J connectivity index is 3.75. The van der Waals surface area contributed by atoms with Crippen LogP contribution in [0.2, 0.25) is 0 Å². The molecular weight excluding hydrogens is 168 g/mol. The van der Waals surface area contributed by atoms with Gasteiger partial charge in [0.2, 0.25) is 0 Å². The molecule has 0 heterocycles. The van der Waals surface area contributed by atoms with E-state index >= 15 is 0 Å². The summed E-state index contributed by atoms with van der Waals surface area (Å²) in [6.07, 6.45) is 1.52. The third-order valence-corrected chi connectivity index (χ3v) is 1.74. The van der Waals surface area contributed by atoms with E-state index in [2.05, 4.69) is 9.58 Å². The van der Waals surface area contributed by atoms with Crippen molar-refractivity contribution >= 4 is 5.97 Å². The van der Waals surface area contributed by atoms with Crippen LogP contribution in [0, 0.1) is 6.57 Å². The van der Waals surface area contributed by atoms with Gasteiger partial charge in [0, 0.05) is 6.42 Å². The Morgan fingerprint density at radius 1 is 1.62 bits per heavy atom. The van der Waals surface area contributed by atoms with E-state index in [0.717, 1.165) is 13.0 Å². The molecule has 0 unspecified atom stereocenters. The van der Waals surface area contributed by atoms with Crippen LogP contribution < -0.4 is 0 Å². The molecule has 0 aromatic heterocycles. The molecule has 0 N–H and O–H groups in total. The quantitative estimate of drug-likeness (QED) is 0.595. The fourth-order valence-electron chi connectivity index (χ4n) is 0.990. The first kappa shape index (κ1) is 11.9. The third kappa shape index (κ3) is 5.21. The Morgan fingerprint density at radius 3 is 2.62 bits per heavy atom. The van der Waals surface area contributed by atoms with Crippen LogP contribution >= 0.6 is 0 Å². The molecule has 4 heteroatoms. The molecule has 0 aromatic rings. The first-order valence-electron chi connectivity index (χ1n) is 4.24. The van der Waals surface area contributed by atoms with Crippen molar-refractivity contribution in [1.29, 1.82) is 0 Å². The lowest BCUT2D eigenvalue weighted by Crippen LogP contribution is -2.21. The molecule has 0 spiro atoms. The van der Waals surface area contributed by atoms with Gasteiger partial charge in [0.1, 0.15) is 0 Å². The minimum atomic E-state index is -0.509. The number of ether oxygens (including phenoxy) is 1. The first-order chi connectivity index (χ1) is 6.11. The number of hydrogen-bond donors (Lipinski definition) is 0. The van der Waals surface area contributed by atoms with E-state index in [1.165, 1.54) is 7.11 Å². The van der Waals surface area contributed by atoms with Crippen LogP contribution in [0.15, 0.2) is 0 Å². The summed E-state index contributed by atoms with van der Waals surface area (Å²) < 4.78 is 4.53. The topological polar surface area (TPSA) is 33.9 Å². The highest BCUT2D eigenvalue weighted by Gasteiger charge is 2.26. The minimum Gasteiger partial charge on any atom is -0.463 e. The summed E-state index contributed by atoms with van der Waals surface area (Å²) in [5.74, 6) is -0.360. The molecule has 1 atom stereocenters. The molecule has 13 heavy (non-hydrogen) atoms. The predicted molar refractivity (Wildman–Crippen MR) is 51.9 cm³/mol. The summed E-state index contributed by atoms with van der Waals surface area (Å²) in [5.41, 5.74) is 0. The molecule has 0 aliphatic carbocycles. The van der Waals surface area contributed by atoms with Crippen molar-refractivity contribution in [3.8, 4) is 6.57 Å². The Morgan fingerprint density at radius 2 is 2.23 bits per heavy atom. The van der Waals surface area contributed by atoms with Gasteiger partial charge in [-0.1, -0.05) is 4.85 Å². The van der Waals surface area contributed by atoms with Gasteiger partial charge < -0.3 is 9.64 Å². The Hall–Kier alpha value is -1.08. The number of rotatable bonds is 5. The molecule has 0 aliphatic rings. The normalized spacial score (nSPS) is 12.2. The summed E-state index contributed by atoms with van der Waals surface area (Å²) in [7, 11) is 5.30. The number of hydrogen-bond acceptors (Lipinski definition) is 3. The molecule has 74 valence electrons. The average Bonchev–Trinajstić information content (AvgIpc) is 2.11. The molecule has 0 aliphatic heterocycles. The van der Waals surface area contributed by atoms with Crippen LogP contribution in [-0.2, 0) is 9.53 Å². The predicted octanol–water partition coefficient (Wildman–Crippen LogP) is 0.833. The van der Waals surface area contributed by atoms with E-state index in [1.807, 2.05) is 19.0 Å². The van der Waals surface area contributed by atoms with E-state index in [-0.39, 0.29) is 5.97 Å². The average molecular weight is 185 g/mol. The van der Waals surface area contributed by atoms with Crippen molar-refractivity contribution in [2.75, 3.05) is 27.7 Å². The van der Waals surface area contributed by atoms with Crippen LogP contribution in [0.25, 0.3) is 4.85 Å². The summed E-state index contributed by atoms with van der Waals surface area (Å²) >= 11 is 0. The monoisotopic (exact) mass is 185 g/mol. The van der Waals surface area contributed by atoms with Crippen molar-refractivity contribution < 1.29 is 9.53 Å². The van der Waals surface area contributed by atoms with Crippen molar-refractivity contribution in [2.24, 2.45) is 0 Å². The first-order valence-corrected chi connectivity index (χ1v) is 4.24. The van der Waals surface area contributed by atoms with Gasteiger partial charge in [0.15, 0.2) is 0 Å². The number of carbonyl (C=O) groups excluding carboxylic acids is 1. The van der Waals surface area contributed by atoms with Crippen molar-refractivity contribution in [1.82, 2.24) is 4.90 Å². The van der Waals surface area contributed by atoms with Gasteiger partial charge in [0.25, 0.3) is 6.57 Å². The maximum Gasteiger partial charge on any atom is 0.394 e. The number of carbonyl (C=O) groups is 1. The van der Waals surface area contributed by atoms with E-state index in [9.17, 15) is 4.79 Å². The molecule has 0 bridgehead atoms. The number of esters is 1. The molecule has 0 fully saturated rings. The highest BCUT2D eigenvalue weighted by atomic mass is 16.5. The van der Waals surface area contributed by atoms with Crippen molar-refractivity contribution in [2.45, 2.75) is 18.9 Å². The van der Waals surface area contributed by atoms with Gasteiger partial charge in [-0.25, -0.2) is 4.79 Å². The zero-order valence-electron chi connectivity index (χ0n) is 8.49. The standard InChI is InChI=1S/C9H17N2O2/c1-10-8(9(12)13-4)6-5-7-11(2)3/h1,8H,5-7H2,2-4H3/q+1/t8-/m1/s1. The zero-order valence-corrected chi connectivity index (χ0v) is 8.49. The van der Waals surface area contributed by atoms with E-state index in [1.54, 1.807) is 0 Å². The lowest BCUT2D eigenvalue weighted by atomic mass is 10.1. The Kier molecular flexibility index (Phi) is 5.90. The summed E-state index contributed by atoms with van der Waals surface area (Å²) in [6.45, 7) is 6.00.